The van der Waals surface area contributed by atoms with Crippen LogP contribution < -0.4 is 0 Å². The summed E-state index contributed by atoms with van der Waals surface area (Å²) < 4.78 is 0. The molecule has 0 heterocycles. The molecule has 10 aromatic carbocycles. The van der Waals surface area contributed by atoms with Crippen molar-refractivity contribution in [2.45, 2.75) is 26.9 Å². The molecule has 0 saturated heterocycles. The Morgan fingerprint density at radius 3 is 1.02 bits per heavy atom. The number of benzene rings is 8. The summed E-state index contributed by atoms with van der Waals surface area (Å²) >= 11 is -0.826. The van der Waals surface area contributed by atoms with Crippen molar-refractivity contribution in [2.75, 3.05) is 0 Å². The summed E-state index contributed by atoms with van der Waals surface area (Å²) in [5.41, 5.74) is 7.99. The molecule has 2 radical (unpaired) electrons. The first-order valence-corrected chi connectivity index (χ1v) is 26.5. The molecular formula is C50H40Cl2SiZr. The molecule has 0 fully saturated rings. The monoisotopic (exact) mass is 828 g/mol. The quantitative estimate of drug-likeness (QED) is 0.0925. The van der Waals surface area contributed by atoms with Gasteiger partial charge in [-0.1, -0.05) is 147 Å². The second kappa shape index (κ2) is 17.4. The molecule has 0 aromatic heterocycles. The van der Waals surface area contributed by atoms with Crippen LogP contribution in [0.5, 0.6) is 0 Å². The van der Waals surface area contributed by atoms with E-state index in [-0.39, 0.29) is 0 Å². The summed E-state index contributed by atoms with van der Waals surface area (Å²) in [6.45, 7) is 8.65. The molecule has 0 spiro atoms. The Labute approximate surface area is 339 Å². The van der Waals surface area contributed by atoms with Gasteiger partial charge >= 0.3 is 37.9 Å². The van der Waals surface area contributed by atoms with Gasteiger partial charge in [0.1, 0.15) is 0 Å². The molecule has 0 atom stereocenters. The SMILES string of the molecule is C[Si]C.Cc1cc2c(-c3c4ccccc4cc4ccccc34)cccc2[cH-]1.Cc1cc2c(-c3c4ccccc4cc4ccccc34)cccc2[cH-]1.[Cl][Zr+2][Cl]. The first-order chi connectivity index (χ1) is 26.4. The van der Waals surface area contributed by atoms with E-state index in [1.54, 1.807) is 0 Å². The Morgan fingerprint density at radius 1 is 0.407 bits per heavy atom. The standard InChI is InChI=1S/2C24H17.C2H6Si.2ClH.Zr/c2*1-16-13-17-9-6-12-22(23(17)14-16)24-20-10-4-2-7-18(20)15-19-8-3-5-11-21(19)24;1-3-2;;;/h2*2-15H,1H3;1-2H3;2*1H;/q2*-1;;;;+4/p-2. The molecule has 0 N–H and O–H groups in total. The first kappa shape index (κ1) is 38.0. The van der Waals surface area contributed by atoms with E-state index >= 15 is 0 Å². The fraction of sp³-hybridized carbons (Fsp3) is 0.0800. The number of fused-ring (bicyclic) bond motifs is 6. The Bertz CT molecular complexity index is 2560. The third-order valence-corrected chi connectivity index (χ3v) is 9.87. The van der Waals surface area contributed by atoms with Gasteiger partial charge < -0.3 is 0 Å². The zero-order valence-electron chi connectivity index (χ0n) is 30.9. The predicted molar refractivity (Wildman–Crippen MR) is 239 cm³/mol. The molecule has 54 heavy (non-hydrogen) atoms. The van der Waals surface area contributed by atoms with E-state index in [2.05, 4.69) is 197 Å². The van der Waals surface area contributed by atoms with Gasteiger partial charge in [-0.25, -0.2) is 0 Å². The van der Waals surface area contributed by atoms with Gasteiger partial charge in [-0.3, -0.25) is 0 Å². The number of rotatable bonds is 2. The number of halogens is 2. The van der Waals surface area contributed by atoms with Crippen LogP contribution in [0.25, 0.3) is 86.9 Å². The van der Waals surface area contributed by atoms with E-state index in [1.165, 1.54) is 98.0 Å². The molecule has 262 valence electrons. The zero-order valence-corrected chi connectivity index (χ0v) is 35.9. The summed E-state index contributed by atoms with van der Waals surface area (Å²) in [6.07, 6.45) is 0. The Hall–Kier alpha value is -4.30. The van der Waals surface area contributed by atoms with Gasteiger partial charge in [0.25, 0.3) is 0 Å². The number of aryl methyl sites for hydroxylation is 2. The normalized spacial score (nSPS) is 10.8. The molecule has 4 heteroatoms. The van der Waals surface area contributed by atoms with Gasteiger partial charge in [-0.05, 0) is 66.3 Å². The van der Waals surface area contributed by atoms with Crippen LogP contribution in [0.2, 0.25) is 13.1 Å². The summed E-state index contributed by atoms with van der Waals surface area (Å²) in [4.78, 5) is 0. The van der Waals surface area contributed by atoms with Crippen LogP contribution in [0.1, 0.15) is 11.1 Å². The number of hydrogen-bond donors (Lipinski definition) is 0. The van der Waals surface area contributed by atoms with Gasteiger partial charge in [-0.15, -0.1) is 69.1 Å². The fourth-order valence-corrected chi connectivity index (χ4v) is 7.81. The Balaban J connectivity index is 0.000000146. The molecule has 0 aliphatic heterocycles. The van der Waals surface area contributed by atoms with E-state index in [9.17, 15) is 0 Å². The average Bonchev–Trinajstić information content (AvgIpc) is 3.78. The molecule has 10 rings (SSSR count). The molecular weight excluding hydrogens is 791 g/mol. The van der Waals surface area contributed by atoms with Crippen LogP contribution in [-0.2, 0) is 20.8 Å². The molecule has 0 bridgehead atoms. The summed E-state index contributed by atoms with van der Waals surface area (Å²) in [7, 11) is 11.0. The van der Waals surface area contributed by atoms with Crippen molar-refractivity contribution in [2.24, 2.45) is 0 Å². The van der Waals surface area contributed by atoms with Crippen LogP contribution >= 0.6 is 17.0 Å². The van der Waals surface area contributed by atoms with Crippen molar-refractivity contribution >= 4 is 91.2 Å². The molecule has 0 aliphatic carbocycles. The molecule has 0 saturated carbocycles. The summed E-state index contributed by atoms with van der Waals surface area (Å²) in [5, 5.41) is 15.8. The van der Waals surface area contributed by atoms with Gasteiger partial charge in [0.15, 0.2) is 0 Å². The molecule has 10 aromatic rings. The van der Waals surface area contributed by atoms with Crippen molar-refractivity contribution in [1.82, 2.24) is 0 Å². The second-order valence-electron chi connectivity index (χ2n) is 13.6. The van der Waals surface area contributed by atoms with Crippen LogP contribution in [-0.4, -0.2) is 9.52 Å². The van der Waals surface area contributed by atoms with E-state index in [0.717, 1.165) is 9.52 Å². The van der Waals surface area contributed by atoms with Crippen LogP contribution in [0, 0.1) is 13.8 Å². The Kier molecular flexibility index (Phi) is 12.3. The summed E-state index contributed by atoms with van der Waals surface area (Å²) in [6, 6.07) is 61.9. The minimum absolute atomic E-state index is 0.826. The van der Waals surface area contributed by atoms with Gasteiger partial charge in [0.05, 0.1) is 0 Å². The molecule has 0 nitrogen and oxygen atoms in total. The third-order valence-electron chi connectivity index (χ3n) is 9.87. The third kappa shape index (κ3) is 7.77. The van der Waals surface area contributed by atoms with E-state index in [4.69, 9.17) is 17.0 Å². The first-order valence-electron chi connectivity index (χ1n) is 18.1. The van der Waals surface area contributed by atoms with Crippen LogP contribution in [0.15, 0.2) is 170 Å². The molecule has 0 amide bonds. The van der Waals surface area contributed by atoms with E-state index < -0.39 is 20.8 Å². The van der Waals surface area contributed by atoms with Crippen molar-refractivity contribution in [3.63, 3.8) is 0 Å². The Morgan fingerprint density at radius 2 is 0.704 bits per heavy atom. The van der Waals surface area contributed by atoms with Gasteiger partial charge in [0.2, 0.25) is 0 Å². The van der Waals surface area contributed by atoms with Crippen LogP contribution in [0.3, 0.4) is 0 Å². The second-order valence-corrected chi connectivity index (χ2v) is 18.4. The average molecular weight is 831 g/mol. The van der Waals surface area contributed by atoms with E-state index in [0.29, 0.717) is 0 Å². The van der Waals surface area contributed by atoms with Crippen molar-refractivity contribution in [3.8, 4) is 22.3 Å². The van der Waals surface area contributed by atoms with Crippen molar-refractivity contribution in [3.05, 3.63) is 181 Å². The molecule has 0 aliphatic rings. The summed E-state index contributed by atoms with van der Waals surface area (Å²) in [5.74, 6) is 0. The van der Waals surface area contributed by atoms with E-state index in [1.807, 2.05) is 0 Å². The van der Waals surface area contributed by atoms with Crippen LogP contribution in [0.4, 0.5) is 0 Å². The zero-order chi connectivity index (χ0) is 37.6. The van der Waals surface area contributed by atoms with Gasteiger partial charge in [-0.2, -0.15) is 12.1 Å². The van der Waals surface area contributed by atoms with Crippen molar-refractivity contribution in [1.29, 1.82) is 0 Å². The maximum atomic E-state index is 4.93. The number of hydrogen-bond acceptors (Lipinski definition) is 0. The predicted octanol–water partition coefficient (Wildman–Crippen LogP) is 15.8. The topological polar surface area (TPSA) is 0 Å². The maximum absolute atomic E-state index is 4.93. The fourth-order valence-electron chi connectivity index (χ4n) is 7.81. The van der Waals surface area contributed by atoms with Crippen molar-refractivity contribution < 1.29 is 20.8 Å². The minimum atomic E-state index is -0.826. The van der Waals surface area contributed by atoms with Gasteiger partial charge in [0, 0.05) is 9.52 Å². The molecule has 0 unspecified atom stereocenters.